The van der Waals surface area contributed by atoms with Crippen LogP contribution in [0.1, 0.15) is 38.2 Å². The highest BCUT2D eigenvalue weighted by molar-refractivity contribution is 7.92. The van der Waals surface area contributed by atoms with Crippen molar-refractivity contribution >= 4 is 73.9 Å². The average molecular weight is 657 g/mol. The van der Waals surface area contributed by atoms with E-state index in [1.165, 1.54) is 41.3 Å². The predicted molar refractivity (Wildman–Crippen MR) is 164 cm³/mol. The molecule has 1 saturated carbocycles. The van der Waals surface area contributed by atoms with Crippen LogP contribution in [0.5, 0.6) is 0 Å². The second-order valence-corrected chi connectivity index (χ2v) is 13.4. The number of anilines is 1. The molecule has 0 aliphatic heterocycles. The molecule has 12 heteroatoms. The van der Waals surface area contributed by atoms with E-state index in [1.54, 1.807) is 37.3 Å². The van der Waals surface area contributed by atoms with Gasteiger partial charge in [-0.2, -0.15) is 0 Å². The number of rotatable bonds is 10. The van der Waals surface area contributed by atoms with Crippen molar-refractivity contribution in [3.63, 3.8) is 0 Å². The molecule has 0 aromatic heterocycles. The molecule has 3 aromatic rings. The lowest BCUT2D eigenvalue weighted by Crippen LogP contribution is -2.52. The zero-order valence-corrected chi connectivity index (χ0v) is 26.0. The first-order chi connectivity index (χ1) is 19.5. The lowest BCUT2D eigenvalue weighted by Gasteiger charge is -2.33. The van der Waals surface area contributed by atoms with Crippen molar-refractivity contribution in [1.29, 1.82) is 0 Å². The number of carbonyl (C=O) groups excluding carboxylic acids is 2. The van der Waals surface area contributed by atoms with Crippen LogP contribution in [0.2, 0.25) is 20.1 Å². The van der Waals surface area contributed by atoms with Crippen molar-refractivity contribution in [1.82, 2.24) is 10.2 Å². The van der Waals surface area contributed by atoms with Gasteiger partial charge in [-0.1, -0.05) is 71.4 Å². The monoisotopic (exact) mass is 655 g/mol. The molecule has 1 N–H and O–H groups in total. The minimum absolute atomic E-state index is 0.0269. The fourth-order valence-corrected chi connectivity index (χ4v) is 6.96. The highest BCUT2D eigenvalue weighted by atomic mass is 35.5. The molecule has 41 heavy (non-hydrogen) atoms. The van der Waals surface area contributed by atoms with Crippen LogP contribution in [-0.4, -0.2) is 43.8 Å². The Hall–Kier alpha value is -2.49. The van der Waals surface area contributed by atoms with Crippen molar-refractivity contribution in [3.8, 4) is 0 Å². The quantitative estimate of drug-likeness (QED) is 0.255. The topological polar surface area (TPSA) is 86.8 Å². The summed E-state index contributed by atoms with van der Waals surface area (Å²) in [5.41, 5.74) is 0.624. The minimum atomic E-state index is -4.25. The number of hydrogen-bond donors (Lipinski definition) is 1. The molecule has 2 amide bonds. The number of carbonyl (C=O) groups is 2. The molecule has 0 saturated heterocycles. The van der Waals surface area contributed by atoms with Gasteiger partial charge in [0.25, 0.3) is 10.0 Å². The fraction of sp³-hybridized carbons (Fsp3) is 0.310. The molecule has 0 radical (unpaired) electrons. The van der Waals surface area contributed by atoms with Crippen LogP contribution in [0.15, 0.2) is 71.6 Å². The summed E-state index contributed by atoms with van der Waals surface area (Å²) in [4.78, 5) is 28.6. The zero-order chi connectivity index (χ0) is 29.7. The lowest BCUT2D eigenvalue weighted by atomic mass is 10.1. The Morgan fingerprint density at radius 3 is 2.12 bits per heavy atom. The SMILES string of the molecule is CC(C(=O)NC1CCCC1)N(Cc1c(Cl)cccc1Cl)C(=O)CN(c1cccc(Cl)c1)S(=O)(=O)c1ccc(Cl)cc1. The van der Waals surface area contributed by atoms with Crippen LogP contribution in [0, 0.1) is 0 Å². The molecular weight excluding hydrogens is 628 g/mol. The number of hydrogen-bond acceptors (Lipinski definition) is 4. The van der Waals surface area contributed by atoms with E-state index in [9.17, 15) is 18.0 Å². The normalized spacial score (nSPS) is 14.5. The van der Waals surface area contributed by atoms with E-state index in [0.717, 1.165) is 30.0 Å². The van der Waals surface area contributed by atoms with E-state index in [0.29, 0.717) is 20.6 Å². The molecule has 1 fully saturated rings. The van der Waals surface area contributed by atoms with Crippen molar-refractivity contribution in [3.05, 3.63) is 92.4 Å². The second-order valence-electron chi connectivity index (χ2n) is 9.83. The van der Waals surface area contributed by atoms with Gasteiger partial charge in [-0.15, -0.1) is 0 Å². The van der Waals surface area contributed by atoms with Gasteiger partial charge in [-0.3, -0.25) is 13.9 Å². The lowest BCUT2D eigenvalue weighted by molar-refractivity contribution is -0.139. The number of halogens is 4. The van der Waals surface area contributed by atoms with Crippen molar-refractivity contribution in [2.45, 2.75) is 56.1 Å². The number of nitrogens with one attached hydrogen (secondary N) is 1. The van der Waals surface area contributed by atoms with Crippen molar-refractivity contribution < 1.29 is 18.0 Å². The first-order valence-corrected chi connectivity index (χ1v) is 16.0. The van der Waals surface area contributed by atoms with Gasteiger partial charge in [-0.05, 0) is 74.4 Å². The van der Waals surface area contributed by atoms with E-state index in [4.69, 9.17) is 46.4 Å². The molecular formula is C29H29Cl4N3O4S. The van der Waals surface area contributed by atoms with E-state index in [1.807, 2.05) is 0 Å². The Bertz CT molecular complexity index is 1490. The van der Waals surface area contributed by atoms with Gasteiger partial charge in [-0.25, -0.2) is 8.42 Å². The molecule has 1 aliphatic carbocycles. The third-order valence-corrected chi connectivity index (χ3v) is 10.0. The first kappa shape index (κ1) is 31.4. The van der Waals surface area contributed by atoms with Crippen molar-refractivity contribution in [2.75, 3.05) is 10.8 Å². The summed E-state index contributed by atoms with van der Waals surface area (Å²) in [6.45, 7) is 0.875. The Labute approximate surface area is 260 Å². The van der Waals surface area contributed by atoms with Gasteiger partial charge in [0.15, 0.2) is 0 Å². The average Bonchev–Trinajstić information content (AvgIpc) is 3.44. The third kappa shape index (κ3) is 7.67. The largest absolute Gasteiger partial charge is 0.352 e. The molecule has 3 aromatic carbocycles. The minimum Gasteiger partial charge on any atom is -0.352 e. The first-order valence-electron chi connectivity index (χ1n) is 13.0. The Morgan fingerprint density at radius 1 is 0.902 bits per heavy atom. The summed E-state index contributed by atoms with van der Waals surface area (Å²) in [7, 11) is -4.25. The molecule has 1 unspecified atom stereocenters. The summed E-state index contributed by atoms with van der Waals surface area (Å²) in [6.07, 6.45) is 3.78. The van der Waals surface area contributed by atoms with E-state index in [-0.39, 0.29) is 34.1 Å². The fourth-order valence-electron chi connectivity index (χ4n) is 4.72. The highest BCUT2D eigenvalue weighted by Gasteiger charge is 2.34. The summed E-state index contributed by atoms with van der Waals surface area (Å²) in [6, 6.07) is 15.8. The third-order valence-electron chi connectivity index (χ3n) is 7.04. The summed E-state index contributed by atoms with van der Waals surface area (Å²) >= 11 is 25.0. The Kier molecular flexibility index (Phi) is 10.5. The molecule has 0 heterocycles. The van der Waals surface area contributed by atoms with Crippen molar-refractivity contribution in [2.24, 2.45) is 0 Å². The molecule has 218 valence electrons. The Balaban J connectivity index is 1.72. The standard InChI is InChI=1S/C29H29Cl4N3O4S/c1-19(29(38)34-22-7-2-3-8-22)35(17-25-26(32)10-5-11-27(25)33)28(37)18-36(23-9-4-6-21(31)16-23)41(39,40)24-14-12-20(30)13-15-24/h4-6,9-16,19,22H,2-3,7-8,17-18H2,1H3,(H,34,38). The van der Waals surface area contributed by atoms with Crippen LogP contribution in [0.4, 0.5) is 5.69 Å². The summed E-state index contributed by atoms with van der Waals surface area (Å²) in [5.74, 6) is -0.976. The van der Waals surface area contributed by atoms with Crippen LogP contribution < -0.4 is 9.62 Å². The summed E-state index contributed by atoms with van der Waals surface area (Å²) < 4.78 is 28.7. The van der Waals surface area contributed by atoms with Crippen LogP contribution in [0.25, 0.3) is 0 Å². The molecule has 1 atom stereocenters. The molecule has 1 aliphatic rings. The van der Waals surface area contributed by atoms with Gasteiger partial charge < -0.3 is 10.2 Å². The molecule has 0 bridgehead atoms. The maximum Gasteiger partial charge on any atom is 0.264 e. The second kappa shape index (κ2) is 13.7. The van der Waals surface area contributed by atoms with E-state index >= 15 is 0 Å². The molecule has 7 nitrogen and oxygen atoms in total. The number of benzene rings is 3. The highest BCUT2D eigenvalue weighted by Crippen LogP contribution is 2.30. The molecule has 0 spiro atoms. The van der Waals surface area contributed by atoms with Gasteiger partial charge in [0, 0.05) is 38.2 Å². The predicted octanol–water partition coefficient (Wildman–Crippen LogP) is 6.97. The van der Waals surface area contributed by atoms with Crippen LogP contribution in [-0.2, 0) is 26.2 Å². The van der Waals surface area contributed by atoms with Gasteiger partial charge in [0.2, 0.25) is 11.8 Å². The van der Waals surface area contributed by atoms with E-state index in [2.05, 4.69) is 5.32 Å². The number of amides is 2. The number of nitrogens with zero attached hydrogens (tertiary/aromatic N) is 2. The van der Waals surface area contributed by atoms with Crippen LogP contribution in [0.3, 0.4) is 0 Å². The smallest absolute Gasteiger partial charge is 0.264 e. The number of sulfonamides is 1. The van der Waals surface area contributed by atoms with Gasteiger partial charge in [0.1, 0.15) is 12.6 Å². The maximum atomic E-state index is 14.1. The van der Waals surface area contributed by atoms with Crippen LogP contribution >= 0.6 is 46.4 Å². The molecule has 4 rings (SSSR count). The Morgan fingerprint density at radius 2 is 1.51 bits per heavy atom. The van der Waals surface area contributed by atoms with Gasteiger partial charge >= 0.3 is 0 Å². The van der Waals surface area contributed by atoms with Gasteiger partial charge in [0.05, 0.1) is 10.6 Å². The summed E-state index contributed by atoms with van der Waals surface area (Å²) in [5, 5.41) is 4.31. The maximum absolute atomic E-state index is 14.1. The zero-order valence-electron chi connectivity index (χ0n) is 22.2. The van der Waals surface area contributed by atoms with E-state index < -0.39 is 28.5 Å².